The Hall–Kier alpha value is -0.200. The van der Waals surface area contributed by atoms with Gasteiger partial charge < -0.3 is 9.47 Å². The van der Waals surface area contributed by atoms with Crippen LogP contribution in [0.2, 0.25) is 0 Å². The van der Waals surface area contributed by atoms with E-state index in [0.717, 1.165) is 16.4 Å². The van der Waals surface area contributed by atoms with Crippen molar-refractivity contribution < 1.29 is 13.9 Å². The van der Waals surface area contributed by atoms with Crippen molar-refractivity contribution >= 4 is 22.6 Å². The molecule has 0 aliphatic heterocycles. The molecule has 16 heavy (non-hydrogen) atoms. The number of benzene rings is 1. The molecule has 0 N–H and O–H groups in total. The summed E-state index contributed by atoms with van der Waals surface area (Å²) >= 11 is 2.27. The van der Waals surface area contributed by atoms with Gasteiger partial charge in [-0.05, 0) is 24.1 Å². The second-order valence-electron chi connectivity index (χ2n) is 3.41. The van der Waals surface area contributed by atoms with Crippen LogP contribution in [0.1, 0.15) is 18.1 Å². The number of alkyl halides is 1. The zero-order valence-electron chi connectivity index (χ0n) is 9.29. The smallest absolute Gasteiger partial charge is 0.123 e. The molecule has 0 saturated carbocycles. The van der Waals surface area contributed by atoms with Crippen molar-refractivity contribution in [1.82, 2.24) is 0 Å². The molecule has 0 saturated heterocycles. The molecule has 0 bridgehead atoms. The van der Waals surface area contributed by atoms with Crippen LogP contribution in [0.4, 0.5) is 4.39 Å². The Kier molecular flexibility index (Phi) is 6.91. The maximum absolute atomic E-state index is 12.7. The fourth-order valence-electron chi connectivity index (χ4n) is 1.34. The van der Waals surface area contributed by atoms with Crippen LogP contribution in [0.25, 0.3) is 0 Å². The van der Waals surface area contributed by atoms with E-state index in [1.165, 1.54) is 12.1 Å². The molecule has 0 heterocycles. The van der Waals surface area contributed by atoms with Crippen LogP contribution in [-0.2, 0) is 9.47 Å². The number of methoxy groups -OCH3 is 1. The quantitative estimate of drug-likeness (QED) is 0.431. The van der Waals surface area contributed by atoms with E-state index in [9.17, 15) is 4.39 Å². The molecular formula is C12H16FIO2. The zero-order chi connectivity index (χ0) is 11.8. The van der Waals surface area contributed by atoms with Crippen LogP contribution in [0.15, 0.2) is 24.3 Å². The molecule has 0 spiro atoms. The lowest BCUT2D eigenvalue weighted by molar-refractivity contribution is 0.0542. The van der Waals surface area contributed by atoms with Crippen LogP contribution in [0.3, 0.4) is 0 Å². The van der Waals surface area contributed by atoms with Crippen LogP contribution < -0.4 is 0 Å². The van der Waals surface area contributed by atoms with E-state index in [-0.39, 0.29) is 11.9 Å². The molecule has 2 nitrogen and oxygen atoms in total. The second-order valence-corrected chi connectivity index (χ2v) is 4.29. The topological polar surface area (TPSA) is 18.5 Å². The predicted molar refractivity (Wildman–Crippen MR) is 70.5 cm³/mol. The lowest BCUT2D eigenvalue weighted by atomic mass is 10.1. The molecule has 90 valence electrons. The van der Waals surface area contributed by atoms with Crippen LogP contribution >= 0.6 is 22.6 Å². The van der Waals surface area contributed by atoms with Gasteiger partial charge in [0.05, 0.1) is 6.10 Å². The number of rotatable bonds is 7. The van der Waals surface area contributed by atoms with Crippen molar-refractivity contribution in [3.05, 3.63) is 35.6 Å². The van der Waals surface area contributed by atoms with Gasteiger partial charge in [-0.1, -0.05) is 34.7 Å². The molecule has 0 aliphatic rings. The highest BCUT2D eigenvalue weighted by atomic mass is 127. The first-order valence-electron chi connectivity index (χ1n) is 5.20. The van der Waals surface area contributed by atoms with Gasteiger partial charge in [0.15, 0.2) is 0 Å². The van der Waals surface area contributed by atoms with Crippen LogP contribution in [0, 0.1) is 5.82 Å². The van der Waals surface area contributed by atoms with Gasteiger partial charge in [0.25, 0.3) is 0 Å². The first-order chi connectivity index (χ1) is 7.77. The van der Waals surface area contributed by atoms with Gasteiger partial charge in [-0.3, -0.25) is 0 Å². The molecule has 4 heteroatoms. The molecule has 0 aromatic heterocycles. The lowest BCUT2D eigenvalue weighted by Crippen LogP contribution is -2.08. The third-order valence-corrected chi connectivity index (χ3v) is 2.99. The summed E-state index contributed by atoms with van der Waals surface area (Å²) in [7, 11) is 1.68. The van der Waals surface area contributed by atoms with E-state index in [2.05, 4.69) is 22.6 Å². The third-order valence-electron chi connectivity index (χ3n) is 2.19. The SMILES string of the molecule is COCCCOC(CI)c1ccc(F)cc1. The van der Waals surface area contributed by atoms with Gasteiger partial charge in [0.1, 0.15) is 5.82 Å². The maximum atomic E-state index is 12.7. The summed E-state index contributed by atoms with van der Waals surface area (Å²) in [6, 6.07) is 6.48. The highest BCUT2D eigenvalue weighted by Gasteiger charge is 2.09. The highest BCUT2D eigenvalue weighted by molar-refractivity contribution is 14.1. The lowest BCUT2D eigenvalue weighted by Gasteiger charge is -2.15. The molecular weight excluding hydrogens is 322 g/mol. The summed E-state index contributed by atoms with van der Waals surface area (Å²) in [5, 5.41) is 0. The summed E-state index contributed by atoms with van der Waals surface area (Å²) in [6.45, 7) is 1.37. The number of ether oxygens (including phenoxy) is 2. The van der Waals surface area contributed by atoms with Crippen LogP contribution in [0.5, 0.6) is 0 Å². The Morgan fingerprint density at radius 2 is 1.94 bits per heavy atom. The molecule has 1 rings (SSSR count). The van der Waals surface area contributed by atoms with Gasteiger partial charge in [0, 0.05) is 24.8 Å². The average molecular weight is 338 g/mol. The Morgan fingerprint density at radius 3 is 2.50 bits per heavy atom. The Morgan fingerprint density at radius 1 is 1.25 bits per heavy atom. The van der Waals surface area contributed by atoms with Gasteiger partial charge in [-0.15, -0.1) is 0 Å². The first-order valence-corrected chi connectivity index (χ1v) is 6.72. The van der Waals surface area contributed by atoms with Gasteiger partial charge >= 0.3 is 0 Å². The number of hydrogen-bond donors (Lipinski definition) is 0. The van der Waals surface area contributed by atoms with E-state index in [0.29, 0.717) is 13.2 Å². The number of halogens is 2. The van der Waals surface area contributed by atoms with Gasteiger partial charge in [-0.2, -0.15) is 0 Å². The molecule has 0 aliphatic carbocycles. The summed E-state index contributed by atoms with van der Waals surface area (Å²) < 4.78 is 24.3. The predicted octanol–water partition coefficient (Wildman–Crippen LogP) is 3.35. The highest BCUT2D eigenvalue weighted by Crippen LogP contribution is 2.20. The normalized spacial score (nSPS) is 12.7. The maximum Gasteiger partial charge on any atom is 0.123 e. The van der Waals surface area contributed by atoms with E-state index < -0.39 is 0 Å². The Bertz CT molecular complexity index is 290. The standard InChI is InChI=1S/C12H16FIO2/c1-15-7-2-8-16-12(9-14)10-3-5-11(13)6-4-10/h3-6,12H,2,7-9H2,1H3. The minimum atomic E-state index is -0.213. The minimum Gasteiger partial charge on any atom is -0.385 e. The van der Waals surface area contributed by atoms with E-state index in [1.807, 2.05) is 0 Å². The third kappa shape index (κ3) is 4.76. The van der Waals surface area contributed by atoms with Crippen molar-refractivity contribution in [1.29, 1.82) is 0 Å². The van der Waals surface area contributed by atoms with Crippen LogP contribution in [-0.4, -0.2) is 24.8 Å². The molecule has 0 radical (unpaired) electrons. The fraction of sp³-hybridized carbons (Fsp3) is 0.500. The molecule has 0 amide bonds. The van der Waals surface area contributed by atoms with Crippen molar-refractivity contribution in [2.75, 3.05) is 24.8 Å². The van der Waals surface area contributed by atoms with Crippen molar-refractivity contribution in [3.8, 4) is 0 Å². The molecule has 0 fully saturated rings. The van der Waals surface area contributed by atoms with E-state index in [4.69, 9.17) is 9.47 Å². The second kappa shape index (κ2) is 7.97. The van der Waals surface area contributed by atoms with Crippen molar-refractivity contribution in [2.45, 2.75) is 12.5 Å². The Labute approximate surface area is 109 Å². The molecule has 1 atom stereocenters. The van der Waals surface area contributed by atoms with Gasteiger partial charge in [0.2, 0.25) is 0 Å². The summed E-state index contributed by atoms with van der Waals surface area (Å²) in [5.74, 6) is -0.213. The number of hydrogen-bond acceptors (Lipinski definition) is 2. The van der Waals surface area contributed by atoms with Crippen molar-refractivity contribution in [3.63, 3.8) is 0 Å². The van der Waals surface area contributed by atoms with E-state index in [1.54, 1.807) is 19.2 Å². The summed E-state index contributed by atoms with van der Waals surface area (Å²) in [6.07, 6.45) is 0.920. The van der Waals surface area contributed by atoms with E-state index >= 15 is 0 Å². The summed E-state index contributed by atoms with van der Waals surface area (Å²) in [4.78, 5) is 0. The molecule has 1 unspecified atom stereocenters. The monoisotopic (exact) mass is 338 g/mol. The molecule has 1 aromatic carbocycles. The average Bonchev–Trinajstić information content (AvgIpc) is 2.31. The Balaban J connectivity index is 2.44. The summed E-state index contributed by atoms with van der Waals surface area (Å²) in [5.41, 5.74) is 1.02. The first kappa shape index (κ1) is 13.9. The molecule has 1 aromatic rings. The zero-order valence-corrected chi connectivity index (χ0v) is 11.4. The van der Waals surface area contributed by atoms with Gasteiger partial charge in [-0.25, -0.2) is 4.39 Å². The largest absolute Gasteiger partial charge is 0.385 e. The van der Waals surface area contributed by atoms with Crippen molar-refractivity contribution in [2.24, 2.45) is 0 Å². The fourth-order valence-corrected chi connectivity index (χ4v) is 2.10. The minimum absolute atomic E-state index is 0.0399.